The van der Waals surface area contributed by atoms with Gasteiger partial charge in [-0.25, -0.2) is 0 Å². The molecule has 10 heteroatoms. The lowest BCUT2D eigenvalue weighted by Crippen LogP contribution is -2.02. The minimum absolute atomic E-state index is 0.211. The molecule has 21 heavy (non-hydrogen) atoms. The number of fused-ring (bicyclic) bond motifs is 1. The van der Waals surface area contributed by atoms with Gasteiger partial charge in [0.15, 0.2) is 17.2 Å². The van der Waals surface area contributed by atoms with E-state index in [0.29, 0.717) is 11.5 Å². The summed E-state index contributed by atoms with van der Waals surface area (Å²) < 4.78 is 6.53. The highest BCUT2D eigenvalue weighted by atomic mass is 16.6. The molecule has 0 saturated carbocycles. The van der Waals surface area contributed by atoms with Gasteiger partial charge in [-0.3, -0.25) is 15.1 Å². The summed E-state index contributed by atoms with van der Waals surface area (Å²) >= 11 is 0. The van der Waals surface area contributed by atoms with Gasteiger partial charge in [-0.05, 0) is 18.2 Å². The SMILES string of the molecule is CN=CNc1ccc2nnc(-c3ccc([N+](=O)[O-])o3)n2n1. The first-order chi connectivity index (χ1) is 10.2. The average molecular weight is 287 g/mol. The maximum Gasteiger partial charge on any atom is 0.433 e. The second-order valence-electron chi connectivity index (χ2n) is 3.94. The summed E-state index contributed by atoms with van der Waals surface area (Å²) in [6.45, 7) is 0. The maximum absolute atomic E-state index is 10.6. The molecular weight excluding hydrogens is 278 g/mol. The van der Waals surface area contributed by atoms with Crippen LogP contribution in [0.5, 0.6) is 0 Å². The number of rotatable bonds is 4. The van der Waals surface area contributed by atoms with Crippen molar-refractivity contribution in [2.24, 2.45) is 4.99 Å². The van der Waals surface area contributed by atoms with Crippen molar-refractivity contribution in [2.75, 3.05) is 12.4 Å². The average Bonchev–Trinajstić information content (AvgIpc) is 3.10. The first kappa shape index (κ1) is 12.7. The normalized spacial score (nSPS) is 11.3. The third kappa shape index (κ3) is 2.29. The molecule has 0 unspecified atom stereocenters. The van der Waals surface area contributed by atoms with Gasteiger partial charge in [0, 0.05) is 7.05 Å². The van der Waals surface area contributed by atoms with Gasteiger partial charge in [-0.2, -0.15) is 4.52 Å². The zero-order chi connectivity index (χ0) is 14.8. The highest BCUT2D eigenvalue weighted by Gasteiger charge is 2.18. The number of nitrogens with one attached hydrogen (secondary N) is 1. The summed E-state index contributed by atoms with van der Waals surface area (Å²) in [5.41, 5.74) is 0.489. The van der Waals surface area contributed by atoms with Gasteiger partial charge >= 0.3 is 5.88 Å². The van der Waals surface area contributed by atoms with Gasteiger partial charge in [0.2, 0.25) is 5.82 Å². The number of anilines is 1. The van der Waals surface area contributed by atoms with E-state index in [2.05, 4.69) is 25.6 Å². The molecule has 3 aromatic heterocycles. The molecule has 106 valence electrons. The summed E-state index contributed by atoms with van der Waals surface area (Å²) in [6, 6.07) is 6.11. The molecule has 0 aliphatic carbocycles. The number of furan rings is 1. The van der Waals surface area contributed by atoms with Crippen LogP contribution < -0.4 is 5.32 Å². The van der Waals surface area contributed by atoms with E-state index in [9.17, 15) is 10.1 Å². The third-order valence-corrected chi connectivity index (χ3v) is 2.60. The first-order valence-electron chi connectivity index (χ1n) is 5.83. The summed E-state index contributed by atoms with van der Waals surface area (Å²) in [5, 5.41) is 25.6. The van der Waals surface area contributed by atoms with Crippen molar-refractivity contribution in [1.29, 1.82) is 0 Å². The molecule has 0 aromatic carbocycles. The van der Waals surface area contributed by atoms with Crippen LogP contribution in [0.25, 0.3) is 17.2 Å². The largest absolute Gasteiger partial charge is 0.433 e. The van der Waals surface area contributed by atoms with E-state index in [4.69, 9.17) is 4.42 Å². The number of hydrogen-bond acceptors (Lipinski definition) is 7. The molecule has 0 fully saturated rings. The molecule has 0 saturated heterocycles. The molecular formula is C11H9N7O3. The van der Waals surface area contributed by atoms with Crippen molar-refractivity contribution in [3.8, 4) is 11.6 Å². The van der Waals surface area contributed by atoms with Crippen molar-refractivity contribution in [1.82, 2.24) is 19.8 Å². The summed E-state index contributed by atoms with van der Waals surface area (Å²) in [4.78, 5) is 13.8. The lowest BCUT2D eigenvalue weighted by Gasteiger charge is -2.00. The van der Waals surface area contributed by atoms with Crippen LogP contribution in [0.15, 0.2) is 33.7 Å². The lowest BCUT2D eigenvalue weighted by molar-refractivity contribution is -0.401. The number of hydrogen-bond donors (Lipinski definition) is 1. The van der Waals surface area contributed by atoms with E-state index < -0.39 is 4.92 Å². The van der Waals surface area contributed by atoms with Crippen molar-refractivity contribution in [2.45, 2.75) is 0 Å². The quantitative estimate of drug-likeness (QED) is 0.332. The standard InChI is InChI=1S/C11H9N7O3/c1-12-6-13-8-3-4-9-14-15-11(17(9)16-8)7-2-5-10(21-7)18(19)20/h2-6H,1H3,(H,12,13,16). The zero-order valence-electron chi connectivity index (χ0n) is 10.8. The fraction of sp³-hybridized carbons (Fsp3) is 0.0909. The minimum atomic E-state index is -0.620. The van der Waals surface area contributed by atoms with Crippen molar-refractivity contribution >= 4 is 23.7 Å². The molecule has 0 aliphatic rings. The Bertz CT molecular complexity index is 835. The van der Waals surface area contributed by atoms with E-state index in [1.165, 1.54) is 23.0 Å². The fourth-order valence-corrected chi connectivity index (χ4v) is 1.70. The highest BCUT2D eigenvalue weighted by Crippen LogP contribution is 2.24. The Labute approximate surface area is 117 Å². The van der Waals surface area contributed by atoms with Crippen LogP contribution in [0.1, 0.15) is 0 Å². The lowest BCUT2D eigenvalue weighted by atomic mass is 10.4. The monoisotopic (exact) mass is 287 g/mol. The minimum Gasteiger partial charge on any atom is -0.397 e. The van der Waals surface area contributed by atoms with E-state index in [-0.39, 0.29) is 17.5 Å². The van der Waals surface area contributed by atoms with Crippen LogP contribution in [0.4, 0.5) is 11.7 Å². The van der Waals surface area contributed by atoms with Crippen molar-refractivity contribution in [3.05, 3.63) is 34.4 Å². The Morgan fingerprint density at radius 3 is 2.95 bits per heavy atom. The predicted molar refractivity (Wildman–Crippen MR) is 73.2 cm³/mol. The number of nitro groups is 1. The van der Waals surface area contributed by atoms with Crippen molar-refractivity contribution in [3.63, 3.8) is 0 Å². The van der Waals surface area contributed by atoms with Crippen LogP contribution in [0.2, 0.25) is 0 Å². The Hall–Kier alpha value is -3.30. The van der Waals surface area contributed by atoms with Gasteiger partial charge < -0.3 is 9.73 Å². The second kappa shape index (κ2) is 5.00. The first-order valence-corrected chi connectivity index (χ1v) is 5.83. The highest BCUT2D eigenvalue weighted by molar-refractivity contribution is 5.73. The van der Waals surface area contributed by atoms with Crippen LogP contribution in [-0.2, 0) is 0 Å². The molecule has 3 rings (SSSR count). The van der Waals surface area contributed by atoms with Gasteiger partial charge in [-0.15, -0.1) is 15.3 Å². The number of nitrogens with zero attached hydrogens (tertiary/aromatic N) is 6. The van der Waals surface area contributed by atoms with E-state index in [0.717, 1.165) is 0 Å². The molecule has 0 spiro atoms. The molecule has 10 nitrogen and oxygen atoms in total. The third-order valence-electron chi connectivity index (χ3n) is 2.60. The smallest absolute Gasteiger partial charge is 0.397 e. The molecule has 0 bridgehead atoms. The topological polar surface area (TPSA) is 124 Å². The second-order valence-corrected chi connectivity index (χ2v) is 3.94. The van der Waals surface area contributed by atoms with Crippen molar-refractivity contribution < 1.29 is 9.34 Å². The summed E-state index contributed by atoms with van der Waals surface area (Å²) in [7, 11) is 1.62. The molecule has 3 aromatic rings. The molecule has 1 N–H and O–H groups in total. The van der Waals surface area contributed by atoms with Crippen LogP contribution >= 0.6 is 0 Å². The molecule has 0 radical (unpaired) electrons. The molecule has 0 atom stereocenters. The molecule has 0 amide bonds. The summed E-state index contributed by atoms with van der Waals surface area (Å²) in [5.74, 6) is 0.641. The van der Waals surface area contributed by atoms with Gasteiger partial charge in [0.05, 0.1) is 12.4 Å². The Balaban J connectivity index is 2.06. The van der Waals surface area contributed by atoms with Gasteiger partial charge in [0.1, 0.15) is 4.92 Å². The van der Waals surface area contributed by atoms with Gasteiger partial charge in [-0.1, -0.05) is 0 Å². The zero-order valence-corrected chi connectivity index (χ0v) is 10.8. The van der Waals surface area contributed by atoms with Crippen LogP contribution in [0, 0.1) is 10.1 Å². The maximum atomic E-state index is 10.6. The van der Waals surface area contributed by atoms with E-state index in [1.54, 1.807) is 19.2 Å². The Morgan fingerprint density at radius 2 is 2.24 bits per heavy atom. The Kier molecular flexibility index (Phi) is 3.03. The molecule has 0 aliphatic heterocycles. The summed E-state index contributed by atoms with van der Waals surface area (Å²) in [6.07, 6.45) is 1.48. The number of aromatic nitrogens is 4. The fourth-order valence-electron chi connectivity index (χ4n) is 1.70. The predicted octanol–water partition coefficient (Wildman–Crippen LogP) is 1.36. The molecule has 3 heterocycles. The van der Waals surface area contributed by atoms with E-state index >= 15 is 0 Å². The Morgan fingerprint density at radius 1 is 1.38 bits per heavy atom. The van der Waals surface area contributed by atoms with Crippen LogP contribution in [-0.4, -0.2) is 38.1 Å². The number of aliphatic imine (C=N–C) groups is 1. The van der Waals surface area contributed by atoms with E-state index in [1.807, 2.05) is 0 Å². The van der Waals surface area contributed by atoms with Gasteiger partial charge in [0.25, 0.3) is 0 Å². The van der Waals surface area contributed by atoms with Crippen LogP contribution in [0.3, 0.4) is 0 Å².